The summed E-state index contributed by atoms with van der Waals surface area (Å²) in [5.41, 5.74) is 6.51. The lowest BCUT2D eigenvalue weighted by atomic mass is 10.1. The average molecular weight is 145 g/mol. The van der Waals surface area contributed by atoms with Crippen molar-refractivity contribution in [3.63, 3.8) is 0 Å². The van der Waals surface area contributed by atoms with Gasteiger partial charge >= 0.3 is 0 Å². The third kappa shape index (κ3) is 0.963. The van der Waals surface area contributed by atoms with Crippen molar-refractivity contribution in [1.82, 2.24) is 0 Å². The minimum absolute atomic E-state index is 1.16. The first-order valence-corrected chi connectivity index (χ1v) is 3.58. The fourth-order valence-corrected chi connectivity index (χ4v) is 1.20. The van der Waals surface area contributed by atoms with Gasteiger partial charge in [0.15, 0.2) is 0 Å². The molecule has 1 aromatic rings. The molecule has 0 fully saturated rings. The molecule has 0 spiro atoms. The molecular weight excluding hydrogens is 136 g/mol. The van der Waals surface area contributed by atoms with Crippen molar-refractivity contribution in [1.29, 1.82) is 0 Å². The van der Waals surface area contributed by atoms with Gasteiger partial charge in [0, 0.05) is 5.69 Å². The molecule has 0 unspecified atom stereocenters. The highest BCUT2D eigenvalue weighted by atomic mass is 15.5. The molecule has 2 heteroatoms. The molecule has 0 amide bonds. The van der Waals surface area contributed by atoms with Crippen LogP contribution in [0.15, 0.2) is 30.5 Å². The number of rotatable bonds is 0. The number of nitrogens with zero attached hydrogens (tertiary/aromatic N) is 2. The van der Waals surface area contributed by atoms with E-state index in [9.17, 15) is 0 Å². The van der Waals surface area contributed by atoms with Crippen LogP contribution in [0, 0.1) is 0 Å². The van der Waals surface area contributed by atoms with Gasteiger partial charge in [-0.15, -0.1) is 0 Å². The van der Waals surface area contributed by atoms with Crippen LogP contribution >= 0.6 is 0 Å². The van der Waals surface area contributed by atoms with Gasteiger partial charge < -0.3 is 10.4 Å². The van der Waals surface area contributed by atoms with E-state index < -0.39 is 0 Å². The summed E-state index contributed by atoms with van der Waals surface area (Å²) in [6.07, 6.45) is 3.82. The number of fused-ring (bicyclic) bond motifs is 1. The maximum absolute atomic E-state index is 4.12. The van der Waals surface area contributed by atoms with Gasteiger partial charge in [0.25, 0.3) is 0 Å². The third-order valence-corrected chi connectivity index (χ3v) is 1.78. The Bertz CT molecular complexity index is 291. The zero-order chi connectivity index (χ0) is 7.68. The summed E-state index contributed by atoms with van der Waals surface area (Å²) in [5.74, 6) is 0. The Labute approximate surface area is 66.1 Å². The zero-order valence-corrected chi connectivity index (χ0v) is 6.36. The third-order valence-electron chi connectivity index (χ3n) is 1.78. The van der Waals surface area contributed by atoms with E-state index in [1.807, 2.05) is 36.5 Å². The Balaban J connectivity index is 2.54. The van der Waals surface area contributed by atoms with Crippen molar-refractivity contribution < 1.29 is 0 Å². The van der Waals surface area contributed by atoms with Crippen LogP contribution in [0.4, 0.5) is 5.69 Å². The highest BCUT2D eigenvalue weighted by molar-refractivity contribution is 5.72. The highest BCUT2D eigenvalue weighted by Gasteiger charge is 1.98. The van der Waals surface area contributed by atoms with Gasteiger partial charge in [0.2, 0.25) is 0 Å². The predicted molar refractivity (Wildman–Crippen MR) is 47.2 cm³/mol. The van der Waals surface area contributed by atoms with Crippen molar-refractivity contribution in [3.8, 4) is 0 Å². The van der Waals surface area contributed by atoms with E-state index in [4.69, 9.17) is 0 Å². The summed E-state index contributed by atoms with van der Waals surface area (Å²) >= 11 is 0. The molecular formula is C9H9N2-. The summed E-state index contributed by atoms with van der Waals surface area (Å²) in [4.78, 5) is 0. The van der Waals surface area contributed by atoms with Gasteiger partial charge in [0.05, 0.1) is 0 Å². The lowest BCUT2D eigenvalue weighted by molar-refractivity contribution is 1.14. The lowest BCUT2D eigenvalue weighted by Gasteiger charge is -2.37. The van der Waals surface area contributed by atoms with Crippen LogP contribution in [0.5, 0.6) is 0 Å². The van der Waals surface area contributed by atoms with Gasteiger partial charge in [-0.3, -0.25) is 0 Å². The molecule has 0 N–H and O–H groups in total. The summed E-state index contributed by atoms with van der Waals surface area (Å²) in [5, 5.41) is 1.87. The SMILES string of the molecule is CN1[N-]C=Cc2ccccc21. The van der Waals surface area contributed by atoms with Gasteiger partial charge in [-0.2, -0.15) is 6.20 Å². The van der Waals surface area contributed by atoms with E-state index in [1.54, 1.807) is 0 Å². The van der Waals surface area contributed by atoms with Crippen molar-refractivity contribution in [3.05, 3.63) is 41.5 Å². The molecule has 0 saturated carbocycles. The first-order chi connectivity index (χ1) is 5.38. The van der Waals surface area contributed by atoms with E-state index in [0.29, 0.717) is 0 Å². The van der Waals surface area contributed by atoms with Gasteiger partial charge in [-0.05, 0) is 18.7 Å². The Morgan fingerprint density at radius 1 is 1.27 bits per heavy atom. The van der Waals surface area contributed by atoms with E-state index in [-0.39, 0.29) is 0 Å². The quantitative estimate of drug-likeness (QED) is 0.548. The van der Waals surface area contributed by atoms with Crippen LogP contribution in [0.25, 0.3) is 11.5 Å². The smallest absolute Gasteiger partial charge is 0.0303 e. The van der Waals surface area contributed by atoms with E-state index in [2.05, 4.69) is 17.6 Å². The van der Waals surface area contributed by atoms with Crippen LogP contribution in [-0.4, -0.2) is 7.05 Å². The topological polar surface area (TPSA) is 17.3 Å². The average Bonchev–Trinajstić information content (AvgIpc) is 2.06. The van der Waals surface area contributed by atoms with Crippen LogP contribution in [0.2, 0.25) is 0 Å². The first kappa shape index (κ1) is 6.28. The largest absolute Gasteiger partial charge is 0.601 e. The van der Waals surface area contributed by atoms with Gasteiger partial charge in [-0.25, -0.2) is 0 Å². The van der Waals surface area contributed by atoms with E-state index >= 15 is 0 Å². The first-order valence-electron chi connectivity index (χ1n) is 3.58. The van der Waals surface area contributed by atoms with Crippen molar-refractivity contribution in [2.75, 3.05) is 12.1 Å². The molecule has 56 valence electrons. The number of benzene rings is 1. The van der Waals surface area contributed by atoms with E-state index in [0.717, 1.165) is 5.69 Å². The molecule has 11 heavy (non-hydrogen) atoms. The van der Waals surface area contributed by atoms with Crippen LogP contribution in [0.3, 0.4) is 0 Å². The summed E-state index contributed by atoms with van der Waals surface area (Å²) in [6.45, 7) is 0. The molecule has 2 nitrogen and oxygen atoms in total. The second-order valence-corrected chi connectivity index (χ2v) is 2.51. The second-order valence-electron chi connectivity index (χ2n) is 2.51. The standard InChI is InChI=1S/C9H9N2/c1-11-9-5-3-2-4-8(9)6-7-10-11/h2-7H,1H3/q-1. The number of para-hydroxylation sites is 1. The Kier molecular flexibility index (Phi) is 1.32. The number of hydrogen-bond acceptors (Lipinski definition) is 1. The minimum Gasteiger partial charge on any atom is -0.601 e. The lowest BCUT2D eigenvalue weighted by Crippen LogP contribution is -2.12. The molecule has 0 saturated heterocycles. The minimum atomic E-state index is 1.16. The van der Waals surface area contributed by atoms with Crippen LogP contribution in [-0.2, 0) is 0 Å². The molecule has 1 aliphatic rings. The summed E-state index contributed by atoms with van der Waals surface area (Å²) in [7, 11) is 1.95. The zero-order valence-electron chi connectivity index (χ0n) is 6.36. The number of hydrogen-bond donors (Lipinski definition) is 0. The molecule has 2 rings (SSSR count). The van der Waals surface area contributed by atoms with Crippen molar-refractivity contribution in [2.24, 2.45) is 0 Å². The molecule has 1 heterocycles. The maximum atomic E-state index is 4.12. The fraction of sp³-hybridized carbons (Fsp3) is 0.111. The monoisotopic (exact) mass is 145 g/mol. The Hall–Kier alpha value is -1.44. The van der Waals surface area contributed by atoms with E-state index in [1.165, 1.54) is 5.56 Å². The van der Waals surface area contributed by atoms with Gasteiger partial charge in [-0.1, -0.05) is 24.3 Å². The molecule has 0 aromatic heterocycles. The summed E-state index contributed by atoms with van der Waals surface area (Å²) < 4.78 is 0. The highest BCUT2D eigenvalue weighted by Crippen LogP contribution is 2.26. The fourth-order valence-electron chi connectivity index (χ4n) is 1.20. The Morgan fingerprint density at radius 2 is 2.09 bits per heavy atom. The molecule has 1 aliphatic heterocycles. The molecule has 0 bridgehead atoms. The predicted octanol–water partition coefficient (Wildman–Crippen LogP) is 2.40. The molecule has 0 atom stereocenters. The second kappa shape index (κ2) is 2.31. The van der Waals surface area contributed by atoms with Gasteiger partial charge in [0.1, 0.15) is 0 Å². The molecule has 0 aliphatic carbocycles. The number of anilines is 1. The molecule has 0 radical (unpaired) electrons. The van der Waals surface area contributed by atoms with Crippen LogP contribution in [0.1, 0.15) is 5.56 Å². The maximum Gasteiger partial charge on any atom is 0.0303 e. The van der Waals surface area contributed by atoms with Crippen molar-refractivity contribution >= 4 is 11.8 Å². The Morgan fingerprint density at radius 3 is 2.91 bits per heavy atom. The van der Waals surface area contributed by atoms with Crippen LogP contribution < -0.4 is 5.01 Å². The van der Waals surface area contributed by atoms with Crippen molar-refractivity contribution in [2.45, 2.75) is 0 Å². The summed E-state index contributed by atoms with van der Waals surface area (Å²) in [6, 6.07) is 8.19. The normalized spacial score (nSPS) is 14.1. The molecule has 1 aromatic carbocycles.